The third-order valence-electron chi connectivity index (χ3n) is 5.65. The van der Waals surface area contributed by atoms with Crippen LogP contribution in [0.4, 0.5) is 5.69 Å². The molecular weight excluding hydrogens is 346 g/mol. The number of fused-ring (bicyclic) bond motifs is 1. The monoisotopic (exact) mass is 374 g/mol. The van der Waals surface area contributed by atoms with E-state index in [1.54, 1.807) is 0 Å². The van der Waals surface area contributed by atoms with Crippen molar-refractivity contribution >= 4 is 22.4 Å². The zero-order chi connectivity index (χ0) is 19.3. The number of carbonyl (C=O) groups is 1. The van der Waals surface area contributed by atoms with Crippen LogP contribution < -0.4 is 15.1 Å². The minimum absolute atomic E-state index is 0.0158. The quantitative estimate of drug-likeness (QED) is 0.720. The van der Waals surface area contributed by atoms with Gasteiger partial charge in [0, 0.05) is 5.69 Å². The first-order valence-electron chi connectivity index (χ1n) is 10.1. The lowest BCUT2D eigenvalue weighted by molar-refractivity contribution is -0.892. The fraction of sp³-hybridized carbons (Fsp3) is 0.292. The van der Waals surface area contributed by atoms with Gasteiger partial charge in [0.05, 0.1) is 32.2 Å². The number of rotatable bonds is 5. The van der Waals surface area contributed by atoms with Crippen LogP contribution in [0.2, 0.25) is 0 Å². The average Bonchev–Trinajstić information content (AvgIpc) is 2.74. The van der Waals surface area contributed by atoms with Gasteiger partial charge >= 0.3 is 0 Å². The van der Waals surface area contributed by atoms with Crippen LogP contribution in [0.1, 0.15) is 18.5 Å². The summed E-state index contributed by atoms with van der Waals surface area (Å²) in [6, 6.07) is 25.3. The van der Waals surface area contributed by atoms with Crippen LogP contribution in [0.5, 0.6) is 0 Å². The highest BCUT2D eigenvalue weighted by atomic mass is 16.2. The number of piperazine rings is 1. The lowest BCUT2D eigenvalue weighted by atomic mass is 10.0. The van der Waals surface area contributed by atoms with Gasteiger partial charge in [-0.2, -0.15) is 0 Å². The second kappa shape index (κ2) is 8.44. The summed E-state index contributed by atoms with van der Waals surface area (Å²) in [4.78, 5) is 16.3. The molecule has 0 aromatic heterocycles. The van der Waals surface area contributed by atoms with Gasteiger partial charge in [-0.1, -0.05) is 54.6 Å². The molecule has 0 saturated carbocycles. The van der Waals surface area contributed by atoms with Gasteiger partial charge in [-0.15, -0.1) is 0 Å². The predicted octanol–water partition coefficient (Wildman–Crippen LogP) is 2.42. The van der Waals surface area contributed by atoms with Crippen molar-refractivity contribution in [3.63, 3.8) is 0 Å². The third kappa shape index (κ3) is 4.34. The second-order valence-electron chi connectivity index (χ2n) is 7.65. The molecule has 0 bridgehead atoms. The van der Waals surface area contributed by atoms with Crippen molar-refractivity contribution in [1.29, 1.82) is 0 Å². The van der Waals surface area contributed by atoms with Crippen molar-refractivity contribution in [2.24, 2.45) is 0 Å². The first-order valence-corrected chi connectivity index (χ1v) is 10.1. The van der Waals surface area contributed by atoms with E-state index in [1.165, 1.54) is 21.4 Å². The molecule has 0 radical (unpaired) electrons. The summed E-state index contributed by atoms with van der Waals surface area (Å²) in [5.74, 6) is 0.129. The number of carbonyl (C=O) groups excluding carboxylic acids is 1. The lowest BCUT2D eigenvalue weighted by Gasteiger charge is -2.33. The zero-order valence-electron chi connectivity index (χ0n) is 16.4. The Balaban J connectivity index is 1.29. The van der Waals surface area contributed by atoms with Crippen LogP contribution in [0.3, 0.4) is 0 Å². The second-order valence-corrected chi connectivity index (χ2v) is 7.65. The predicted molar refractivity (Wildman–Crippen MR) is 115 cm³/mol. The minimum Gasteiger partial charge on any atom is -0.360 e. The zero-order valence-corrected chi connectivity index (χ0v) is 16.4. The molecule has 1 amide bonds. The van der Waals surface area contributed by atoms with Gasteiger partial charge in [-0.3, -0.25) is 4.79 Å². The molecule has 1 aliphatic rings. The normalized spacial score (nSPS) is 16.1. The maximum absolute atomic E-state index is 12.6. The van der Waals surface area contributed by atoms with Crippen LogP contribution in [0.15, 0.2) is 72.8 Å². The number of nitrogens with zero attached hydrogens (tertiary/aromatic N) is 1. The van der Waals surface area contributed by atoms with Crippen molar-refractivity contribution < 1.29 is 9.69 Å². The van der Waals surface area contributed by atoms with Crippen LogP contribution in [-0.2, 0) is 4.79 Å². The highest BCUT2D eigenvalue weighted by Gasteiger charge is 2.23. The van der Waals surface area contributed by atoms with E-state index < -0.39 is 0 Å². The highest BCUT2D eigenvalue weighted by Crippen LogP contribution is 2.20. The molecule has 1 fully saturated rings. The Labute approximate surface area is 166 Å². The van der Waals surface area contributed by atoms with Gasteiger partial charge in [0.25, 0.3) is 5.91 Å². The van der Waals surface area contributed by atoms with Gasteiger partial charge < -0.3 is 15.1 Å². The fourth-order valence-electron chi connectivity index (χ4n) is 3.98. The Bertz CT molecular complexity index is 933. The summed E-state index contributed by atoms with van der Waals surface area (Å²) in [7, 11) is 0. The molecule has 4 heteroatoms. The summed E-state index contributed by atoms with van der Waals surface area (Å²) < 4.78 is 0. The molecule has 2 N–H and O–H groups in total. The van der Waals surface area contributed by atoms with Crippen molar-refractivity contribution in [3.05, 3.63) is 78.4 Å². The molecular formula is C24H28N3O+. The standard InChI is InChI=1S/C24H27N3O/c1-19(21-12-11-20-7-5-6-8-22(20)17-21)25-24(28)18-26-13-15-27(16-14-26)23-9-3-2-4-10-23/h2-12,17,19H,13-16,18H2,1H3,(H,25,28)/p+1/t19-/m0/s1. The third-order valence-corrected chi connectivity index (χ3v) is 5.65. The molecule has 3 aromatic rings. The van der Waals surface area contributed by atoms with E-state index >= 15 is 0 Å². The highest BCUT2D eigenvalue weighted by molar-refractivity contribution is 5.83. The molecule has 1 saturated heterocycles. The number of amides is 1. The molecule has 0 spiro atoms. The Hall–Kier alpha value is -2.85. The van der Waals surface area contributed by atoms with Gasteiger partial charge in [-0.05, 0) is 41.5 Å². The lowest BCUT2D eigenvalue weighted by Crippen LogP contribution is -3.15. The Morgan fingerprint density at radius 2 is 1.64 bits per heavy atom. The van der Waals surface area contributed by atoms with Crippen molar-refractivity contribution in [2.75, 3.05) is 37.6 Å². The molecule has 1 heterocycles. The average molecular weight is 375 g/mol. The fourth-order valence-corrected chi connectivity index (χ4v) is 3.98. The van der Waals surface area contributed by atoms with Crippen LogP contribution in [0.25, 0.3) is 10.8 Å². The molecule has 0 aliphatic carbocycles. The molecule has 28 heavy (non-hydrogen) atoms. The van der Waals surface area contributed by atoms with Crippen molar-refractivity contribution in [1.82, 2.24) is 5.32 Å². The largest absolute Gasteiger partial charge is 0.360 e. The molecule has 4 nitrogen and oxygen atoms in total. The van der Waals surface area contributed by atoms with E-state index in [0.29, 0.717) is 6.54 Å². The summed E-state index contributed by atoms with van der Waals surface area (Å²) >= 11 is 0. The molecule has 4 rings (SSSR count). The molecule has 1 aliphatic heterocycles. The van der Waals surface area contributed by atoms with Crippen LogP contribution in [-0.4, -0.2) is 38.6 Å². The topological polar surface area (TPSA) is 36.8 Å². The summed E-state index contributed by atoms with van der Waals surface area (Å²) in [5.41, 5.74) is 2.42. The Morgan fingerprint density at radius 1 is 0.964 bits per heavy atom. The number of para-hydroxylation sites is 1. The summed E-state index contributed by atoms with van der Waals surface area (Å²) in [5, 5.41) is 5.62. The van der Waals surface area contributed by atoms with E-state index in [4.69, 9.17) is 0 Å². The maximum atomic E-state index is 12.6. The minimum atomic E-state index is 0.0158. The number of nitrogens with one attached hydrogen (secondary N) is 2. The molecule has 3 aromatic carbocycles. The first kappa shape index (κ1) is 18.5. The summed E-state index contributed by atoms with van der Waals surface area (Å²) in [6.07, 6.45) is 0. The van der Waals surface area contributed by atoms with Gasteiger partial charge in [-0.25, -0.2) is 0 Å². The van der Waals surface area contributed by atoms with Gasteiger partial charge in [0.2, 0.25) is 0 Å². The number of quaternary nitrogens is 1. The first-order chi connectivity index (χ1) is 13.7. The molecule has 1 atom stereocenters. The van der Waals surface area contributed by atoms with E-state index in [1.807, 2.05) is 18.2 Å². The van der Waals surface area contributed by atoms with E-state index in [-0.39, 0.29) is 11.9 Å². The molecule has 144 valence electrons. The van der Waals surface area contributed by atoms with Gasteiger partial charge in [0.15, 0.2) is 6.54 Å². The Kier molecular flexibility index (Phi) is 5.58. The van der Waals surface area contributed by atoms with Crippen molar-refractivity contribution in [2.45, 2.75) is 13.0 Å². The summed E-state index contributed by atoms with van der Waals surface area (Å²) in [6.45, 7) is 6.57. The number of benzene rings is 3. The molecule has 0 unspecified atom stereocenters. The van der Waals surface area contributed by atoms with Crippen LogP contribution in [0, 0.1) is 0 Å². The Morgan fingerprint density at radius 3 is 2.39 bits per heavy atom. The van der Waals surface area contributed by atoms with Crippen LogP contribution >= 0.6 is 0 Å². The smallest absolute Gasteiger partial charge is 0.275 e. The van der Waals surface area contributed by atoms with E-state index in [9.17, 15) is 4.79 Å². The number of hydrogen-bond donors (Lipinski definition) is 2. The number of hydrogen-bond acceptors (Lipinski definition) is 2. The maximum Gasteiger partial charge on any atom is 0.275 e. The van der Waals surface area contributed by atoms with Crippen molar-refractivity contribution in [3.8, 4) is 0 Å². The number of anilines is 1. The van der Waals surface area contributed by atoms with E-state index in [0.717, 1.165) is 31.7 Å². The SMILES string of the molecule is C[C@H](NC(=O)C[NH+]1CCN(c2ccccc2)CC1)c1ccc2ccccc2c1. The van der Waals surface area contributed by atoms with Gasteiger partial charge in [0.1, 0.15) is 0 Å². The van der Waals surface area contributed by atoms with E-state index in [2.05, 4.69) is 71.7 Å².